The fraction of sp³-hybridized carbons (Fsp3) is 0.250. The van der Waals surface area contributed by atoms with Gasteiger partial charge in [-0.2, -0.15) is 0 Å². The summed E-state index contributed by atoms with van der Waals surface area (Å²) in [7, 11) is 1.32. The average molecular weight is 418 g/mol. The molecule has 2 rings (SSSR count). The molecule has 0 saturated heterocycles. The molecule has 0 aliphatic heterocycles. The number of halogens is 3. The second-order valence-corrected chi connectivity index (χ2v) is 6.42. The predicted octanol–water partition coefficient (Wildman–Crippen LogP) is 4.75. The Labute approximate surface area is 153 Å². The molecule has 23 heavy (non-hydrogen) atoms. The maximum atomic E-state index is 11.3. The van der Waals surface area contributed by atoms with Gasteiger partial charge in [-0.3, -0.25) is 0 Å². The third-order valence-corrected chi connectivity index (χ3v) is 4.40. The van der Waals surface area contributed by atoms with Crippen molar-refractivity contribution in [3.05, 3.63) is 56.0 Å². The van der Waals surface area contributed by atoms with Gasteiger partial charge in [0.1, 0.15) is 5.82 Å². The van der Waals surface area contributed by atoms with E-state index < -0.39 is 5.97 Å². The van der Waals surface area contributed by atoms with Crippen molar-refractivity contribution in [2.24, 2.45) is 0 Å². The van der Waals surface area contributed by atoms with Gasteiger partial charge in [0, 0.05) is 22.0 Å². The van der Waals surface area contributed by atoms with E-state index in [0.717, 1.165) is 15.9 Å². The van der Waals surface area contributed by atoms with Gasteiger partial charge in [0.05, 0.1) is 19.3 Å². The van der Waals surface area contributed by atoms with E-state index in [1.807, 2.05) is 29.7 Å². The normalized spacial score (nSPS) is 11.2. The number of benzene rings is 1. The lowest BCUT2D eigenvalue weighted by atomic mass is 10.2. The standard InChI is InChI=1S/C16H15BrCl2N2O2/c1-3-14-20-16(19)13(6-7-15(22)23-2)21(14)9-10-4-5-11(17)8-12(10)18/h4-8H,3,9H2,1-2H3/b7-6+. The van der Waals surface area contributed by atoms with E-state index >= 15 is 0 Å². The zero-order chi connectivity index (χ0) is 17.0. The molecule has 2 aromatic rings. The largest absolute Gasteiger partial charge is 0.466 e. The number of aromatic nitrogens is 2. The van der Waals surface area contributed by atoms with E-state index in [0.29, 0.717) is 28.8 Å². The maximum absolute atomic E-state index is 11.3. The Hall–Kier alpha value is -1.30. The Bertz CT molecular complexity index is 757. The third-order valence-electron chi connectivity index (χ3n) is 3.28. The van der Waals surface area contributed by atoms with Crippen LogP contribution in [0.15, 0.2) is 28.7 Å². The summed E-state index contributed by atoms with van der Waals surface area (Å²) in [6, 6.07) is 5.70. The third kappa shape index (κ3) is 4.37. The fourth-order valence-corrected chi connectivity index (χ4v) is 3.12. The molecule has 0 aliphatic rings. The molecule has 0 amide bonds. The molecule has 0 spiro atoms. The molecule has 0 radical (unpaired) electrons. The van der Waals surface area contributed by atoms with Gasteiger partial charge < -0.3 is 9.30 Å². The smallest absolute Gasteiger partial charge is 0.330 e. The number of aryl methyl sites for hydroxylation is 1. The van der Waals surface area contributed by atoms with E-state index in [-0.39, 0.29) is 0 Å². The van der Waals surface area contributed by atoms with Crippen molar-refractivity contribution in [3.63, 3.8) is 0 Å². The molecule has 4 nitrogen and oxygen atoms in total. The second kappa shape index (κ2) is 7.99. The number of carbonyl (C=O) groups is 1. The number of esters is 1. The van der Waals surface area contributed by atoms with E-state index in [9.17, 15) is 4.79 Å². The molecule has 0 unspecified atom stereocenters. The summed E-state index contributed by atoms with van der Waals surface area (Å²) in [5, 5.41) is 0.990. The summed E-state index contributed by atoms with van der Waals surface area (Å²) in [5.41, 5.74) is 1.58. The summed E-state index contributed by atoms with van der Waals surface area (Å²) >= 11 is 15.9. The highest BCUT2D eigenvalue weighted by molar-refractivity contribution is 9.10. The lowest BCUT2D eigenvalue weighted by Crippen LogP contribution is -2.07. The first-order valence-electron chi connectivity index (χ1n) is 6.91. The lowest BCUT2D eigenvalue weighted by Gasteiger charge is -2.11. The van der Waals surface area contributed by atoms with Crippen molar-refractivity contribution in [2.75, 3.05) is 7.11 Å². The molecule has 122 valence electrons. The molecular weight excluding hydrogens is 403 g/mol. The highest BCUT2D eigenvalue weighted by Gasteiger charge is 2.14. The first-order valence-corrected chi connectivity index (χ1v) is 8.46. The van der Waals surface area contributed by atoms with Crippen molar-refractivity contribution in [2.45, 2.75) is 19.9 Å². The maximum Gasteiger partial charge on any atom is 0.330 e. The van der Waals surface area contributed by atoms with Crippen molar-refractivity contribution in [3.8, 4) is 0 Å². The predicted molar refractivity (Wildman–Crippen MR) is 95.9 cm³/mol. The number of methoxy groups -OCH3 is 1. The summed E-state index contributed by atoms with van der Waals surface area (Å²) < 4.78 is 7.47. The number of imidazole rings is 1. The highest BCUT2D eigenvalue weighted by Crippen LogP contribution is 2.26. The topological polar surface area (TPSA) is 44.1 Å². The van der Waals surface area contributed by atoms with E-state index in [1.54, 1.807) is 6.08 Å². The van der Waals surface area contributed by atoms with Crippen LogP contribution in [0.3, 0.4) is 0 Å². The first kappa shape index (κ1) is 18.0. The molecule has 0 bridgehead atoms. The number of rotatable bonds is 5. The second-order valence-electron chi connectivity index (χ2n) is 4.74. The van der Waals surface area contributed by atoms with Crippen LogP contribution in [0.1, 0.15) is 24.0 Å². The van der Waals surface area contributed by atoms with Crippen LogP contribution < -0.4 is 0 Å². The van der Waals surface area contributed by atoms with Crippen molar-refractivity contribution < 1.29 is 9.53 Å². The van der Waals surface area contributed by atoms with E-state index in [4.69, 9.17) is 23.2 Å². The molecular formula is C16H15BrCl2N2O2. The Morgan fingerprint density at radius 1 is 1.43 bits per heavy atom. The van der Waals surface area contributed by atoms with Crippen LogP contribution in [-0.2, 0) is 22.5 Å². The first-order chi connectivity index (χ1) is 11.0. The molecule has 0 fully saturated rings. The average Bonchev–Trinajstić information content (AvgIpc) is 2.82. The molecule has 0 N–H and O–H groups in total. The van der Waals surface area contributed by atoms with E-state index in [2.05, 4.69) is 25.7 Å². The molecule has 7 heteroatoms. The van der Waals surface area contributed by atoms with Gasteiger partial charge in [-0.05, 0) is 23.8 Å². The molecule has 1 heterocycles. The summed E-state index contributed by atoms with van der Waals surface area (Å²) in [4.78, 5) is 15.7. The van der Waals surface area contributed by atoms with Crippen LogP contribution in [0.2, 0.25) is 10.2 Å². The number of ether oxygens (including phenoxy) is 1. The summed E-state index contributed by atoms with van der Waals surface area (Å²) in [6.45, 7) is 2.50. The Kier molecular flexibility index (Phi) is 6.27. The van der Waals surface area contributed by atoms with Crippen LogP contribution in [-0.4, -0.2) is 22.6 Å². The minimum Gasteiger partial charge on any atom is -0.466 e. The minimum atomic E-state index is -0.450. The monoisotopic (exact) mass is 416 g/mol. The fourth-order valence-electron chi connectivity index (χ4n) is 2.12. The zero-order valence-corrected chi connectivity index (χ0v) is 15.7. The van der Waals surface area contributed by atoms with Gasteiger partial charge in [0.2, 0.25) is 0 Å². The van der Waals surface area contributed by atoms with Crippen molar-refractivity contribution in [1.82, 2.24) is 9.55 Å². The van der Waals surface area contributed by atoms with Crippen LogP contribution in [0.5, 0.6) is 0 Å². The summed E-state index contributed by atoms with van der Waals surface area (Å²) in [6.07, 6.45) is 3.63. The minimum absolute atomic E-state index is 0.343. The summed E-state index contributed by atoms with van der Waals surface area (Å²) in [5.74, 6) is 0.368. The van der Waals surface area contributed by atoms with Crippen LogP contribution >= 0.6 is 39.1 Å². The van der Waals surface area contributed by atoms with Crippen molar-refractivity contribution >= 4 is 51.2 Å². The van der Waals surface area contributed by atoms with Gasteiger partial charge in [-0.1, -0.05) is 52.1 Å². The van der Waals surface area contributed by atoms with Crippen molar-refractivity contribution in [1.29, 1.82) is 0 Å². The molecule has 0 aliphatic carbocycles. The zero-order valence-electron chi connectivity index (χ0n) is 12.6. The van der Waals surface area contributed by atoms with E-state index in [1.165, 1.54) is 13.2 Å². The van der Waals surface area contributed by atoms with Gasteiger partial charge in [0.25, 0.3) is 0 Å². The number of carbonyl (C=O) groups excluding carboxylic acids is 1. The van der Waals surface area contributed by atoms with Gasteiger partial charge in [-0.25, -0.2) is 9.78 Å². The number of nitrogens with zero attached hydrogens (tertiary/aromatic N) is 2. The van der Waals surface area contributed by atoms with Crippen LogP contribution in [0.25, 0.3) is 6.08 Å². The van der Waals surface area contributed by atoms with Gasteiger partial charge >= 0.3 is 5.97 Å². The van der Waals surface area contributed by atoms with Gasteiger partial charge in [-0.15, -0.1) is 0 Å². The van der Waals surface area contributed by atoms with Crippen LogP contribution in [0, 0.1) is 0 Å². The quantitative estimate of drug-likeness (QED) is 0.520. The Morgan fingerprint density at radius 2 is 2.17 bits per heavy atom. The number of hydrogen-bond donors (Lipinski definition) is 0. The number of hydrogen-bond acceptors (Lipinski definition) is 3. The molecule has 0 saturated carbocycles. The Balaban J connectivity index is 2.43. The molecule has 0 atom stereocenters. The molecule has 1 aromatic carbocycles. The Morgan fingerprint density at radius 3 is 2.78 bits per heavy atom. The highest BCUT2D eigenvalue weighted by atomic mass is 79.9. The van der Waals surface area contributed by atoms with Gasteiger partial charge in [0.15, 0.2) is 5.15 Å². The van der Waals surface area contributed by atoms with Crippen LogP contribution in [0.4, 0.5) is 0 Å². The SMILES string of the molecule is CCc1nc(Cl)c(/C=C/C(=O)OC)n1Cc1ccc(Br)cc1Cl. The lowest BCUT2D eigenvalue weighted by molar-refractivity contribution is -0.134. The molecule has 1 aromatic heterocycles.